The highest BCUT2D eigenvalue weighted by Gasteiger charge is 2.23. The summed E-state index contributed by atoms with van der Waals surface area (Å²) < 4.78 is 5.59. The first kappa shape index (κ1) is 17.8. The van der Waals surface area contributed by atoms with Crippen LogP contribution in [0, 0.1) is 0 Å². The van der Waals surface area contributed by atoms with Crippen LogP contribution in [0.3, 0.4) is 0 Å². The van der Waals surface area contributed by atoms with Crippen molar-refractivity contribution in [1.29, 1.82) is 0 Å². The van der Waals surface area contributed by atoms with Crippen LogP contribution in [0.5, 0.6) is 0 Å². The molecule has 0 saturated carbocycles. The monoisotopic (exact) mass is 332 g/mol. The molecule has 0 aromatic heterocycles. The second-order valence-corrected chi connectivity index (χ2v) is 5.97. The van der Waals surface area contributed by atoms with Gasteiger partial charge in [0.25, 0.3) is 0 Å². The first-order valence-electron chi connectivity index (χ1n) is 8.01. The third-order valence-corrected chi connectivity index (χ3v) is 4.29. The van der Waals surface area contributed by atoms with E-state index in [1.807, 2.05) is 12.1 Å². The summed E-state index contributed by atoms with van der Waals surface area (Å²) in [5.41, 5.74) is 9.41. The Bertz CT molecular complexity index is 585. The van der Waals surface area contributed by atoms with E-state index in [0.717, 1.165) is 44.8 Å². The zero-order valence-corrected chi connectivity index (χ0v) is 14.2. The molecule has 2 N–H and O–H groups in total. The second-order valence-electron chi connectivity index (χ2n) is 5.97. The Morgan fingerprint density at radius 3 is 2.52 bits per heavy atom. The van der Waals surface area contributed by atoms with Crippen molar-refractivity contribution in [2.45, 2.75) is 25.4 Å². The number of ether oxygens (including phenoxy) is 1. The Labute approximate surface area is 144 Å². The lowest BCUT2D eigenvalue weighted by Crippen LogP contribution is -2.36. The topological polar surface area (TPSA) is 38.5 Å². The van der Waals surface area contributed by atoms with Gasteiger partial charge in [0.15, 0.2) is 0 Å². The Balaban J connectivity index is 0.00000192. The maximum atomic E-state index is 5.91. The van der Waals surface area contributed by atoms with Crippen LogP contribution in [0.15, 0.2) is 54.6 Å². The molecule has 1 unspecified atom stereocenters. The summed E-state index contributed by atoms with van der Waals surface area (Å²) in [5, 5.41) is 0. The molecule has 0 amide bonds. The molecule has 2 aromatic rings. The highest BCUT2D eigenvalue weighted by molar-refractivity contribution is 5.85. The first-order chi connectivity index (χ1) is 10.8. The highest BCUT2D eigenvalue weighted by Crippen LogP contribution is 2.18. The molecule has 1 atom stereocenters. The van der Waals surface area contributed by atoms with Crippen molar-refractivity contribution >= 4 is 18.1 Å². The van der Waals surface area contributed by atoms with Gasteiger partial charge in [-0.15, -0.1) is 12.4 Å². The zero-order chi connectivity index (χ0) is 15.2. The molecule has 0 spiro atoms. The van der Waals surface area contributed by atoms with Gasteiger partial charge in [0.05, 0.1) is 6.61 Å². The number of benzene rings is 2. The van der Waals surface area contributed by atoms with Crippen LogP contribution in [0.25, 0.3) is 0 Å². The summed E-state index contributed by atoms with van der Waals surface area (Å²) in [6, 6.07) is 19.4. The van der Waals surface area contributed by atoms with Gasteiger partial charge in [-0.05, 0) is 36.1 Å². The second kappa shape index (κ2) is 8.92. The zero-order valence-electron chi connectivity index (χ0n) is 13.4. The summed E-state index contributed by atoms with van der Waals surface area (Å²) in [6.07, 6.45) is 2.19. The SMILES string of the molecule is Cl.Nc1cccc(CN(CCc2ccccc2)C2CCOC2)c1. The molecular weight excluding hydrogens is 308 g/mol. The van der Waals surface area contributed by atoms with Crippen molar-refractivity contribution < 1.29 is 4.74 Å². The molecule has 1 aliphatic heterocycles. The van der Waals surface area contributed by atoms with E-state index in [1.165, 1.54) is 11.1 Å². The summed E-state index contributed by atoms with van der Waals surface area (Å²) >= 11 is 0. The van der Waals surface area contributed by atoms with Crippen LogP contribution in [-0.2, 0) is 17.7 Å². The summed E-state index contributed by atoms with van der Waals surface area (Å²) in [6.45, 7) is 3.71. The summed E-state index contributed by atoms with van der Waals surface area (Å²) in [4.78, 5) is 2.54. The molecular formula is C19H25ClN2O. The highest BCUT2D eigenvalue weighted by atomic mass is 35.5. The van der Waals surface area contributed by atoms with Crippen molar-refractivity contribution in [3.05, 3.63) is 65.7 Å². The average Bonchev–Trinajstić information content (AvgIpc) is 3.07. The molecule has 0 aliphatic carbocycles. The number of rotatable bonds is 6. The van der Waals surface area contributed by atoms with Gasteiger partial charge >= 0.3 is 0 Å². The molecule has 3 nitrogen and oxygen atoms in total. The van der Waals surface area contributed by atoms with Crippen LogP contribution in [0.4, 0.5) is 5.69 Å². The van der Waals surface area contributed by atoms with E-state index in [4.69, 9.17) is 10.5 Å². The van der Waals surface area contributed by atoms with E-state index >= 15 is 0 Å². The van der Waals surface area contributed by atoms with E-state index in [9.17, 15) is 0 Å². The molecule has 4 heteroatoms. The van der Waals surface area contributed by atoms with Crippen molar-refractivity contribution in [1.82, 2.24) is 4.90 Å². The Morgan fingerprint density at radius 2 is 1.83 bits per heavy atom. The van der Waals surface area contributed by atoms with E-state index < -0.39 is 0 Å². The fourth-order valence-electron chi connectivity index (χ4n) is 3.04. The van der Waals surface area contributed by atoms with Crippen LogP contribution < -0.4 is 5.73 Å². The standard InChI is InChI=1S/C19H24N2O.ClH/c20-18-8-4-7-17(13-18)14-21(19-10-12-22-15-19)11-9-16-5-2-1-3-6-16;/h1-8,13,19H,9-12,14-15,20H2;1H. The van der Waals surface area contributed by atoms with E-state index in [2.05, 4.69) is 47.4 Å². The molecule has 1 saturated heterocycles. The lowest BCUT2D eigenvalue weighted by atomic mass is 10.1. The van der Waals surface area contributed by atoms with E-state index in [0.29, 0.717) is 6.04 Å². The van der Waals surface area contributed by atoms with Gasteiger partial charge in [0.2, 0.25) is 0 Å². The Morgan fingerprint density at radius 1 is 1.04 bits per heavy atom. The normalized spacial score (nSPS) is 17.2. The van der Waals surface area contributed by atoms with Gasteiger partial charge in [-0.1, -0.05) is 42.5 Å². The van der Waals surface area contributed by atoms with Gasteiger partial charge in [0.1, 0.15) is 0 Å². The van der Waals surface area contributed by atoms with Gasteiger partial charge in [0, 0.05) is 31.4 Å². The number of anilines is 1. The number of nitrogens with two attached hydrogens (primary N) is 1. The molecule has 1 fully saturated rings. The summed E-state index contributed by atoms with van der Waals surface area (Å²) in [7, 11) is 0. The van der Waals surface area contributed by atoms with Crippen molar-refractivity contribution in [3.63, 3.8) is 0 Å². The van der Waals surface area contributed by atoms with Crippen molar-refractivity contribution in [3.8, 4) is 0 Å². The van der Waals surface area contributed by atoms with Crippen molar-refractivity contribution in [2.24, 2.45) is 0 Å². The maximum Gasteiger partial charge on any atom is 0.0622 e. The number of nitrogens with zero attached hydrogens (tertiary/aromatic N) is 1. The van der Waals surface area contributed by atoms with Gasteiger partial charge in [-0.3, -0.25) is 4.90 Å². The number of halogens is 1. The molecule has 3 rings (SSSR count). The number of nitrogen functional groups attached to an aromatic ring is 1. The molecule has 0 bridgehead atoms. The van der Waals surface area contributed by atoms with E-state index in [-0.39, 0.29) is 12.4 Å². The van der Waals surface area contributed by atoms with Crippen LogP contribution in [0.1, 0.15) is 17.5 Å². The molecule has 1 heterocycles. The number of hydrogen-bond donors (Lipinski definition) is 1. The third-order valence-electron chi connectivity index (χ3n) is 4.29. The quantitative estimate of drug-likeness (QED) is 0.822. The van der Waals surface area contributed by atoms with Gasteiger partial charge in [-0.25, -0.2) is 0 Å². The van der Waals surface area contributed by atoms with Crippen LogP contribution in [0.2, 0.25) is 0 Å². The molecule has 23 heavy (non-hydrogen) atoms. The minimum absolute atomic E-state index is 0. The third kappa shape index (κ3) is 5.24. The fraction of sp³-hybridized carbons (Fsp3) is 0.368. The predicted molar refractivity (Wildman–Crippen MR) is 97.9 cm³/mol. The first-order valence-corrected chi connectivity index (χ1v) is 8.01. The Hall–Kier alpha value is -1.55. The minimum atomic E-state index is 0. The smallest absolute Gasteiger partial charge is 0.0622 e. The maximum absolute atomic E-state index is 5.91. The summed E-state index contributed by atoms with van der Waals surface area (Å²) in [5.74, 6) is 0. The van der Waals surface area contributed by atoms with Crippen molar-refractivity contribution in [2.75, 3.05) is 25.5 Å². The predicted octanol–water partition coefficient (Wildman–Crippen LogP) is 3.52. The van der Waals surface area contributed by atoms with Crippen LogP contribution in [-0.4, -0.2) is 30.7 Å². The Kier molecular flexibility index (Phi) is 6.90. The van der Waals surface area contributed by atoms with Gasteiger partial charge < -0.3 is 10.5 Å². The fourth-order valence-corrected chi connectivity index (χ4v) is 3.04. The number of hydrogen-bond acceptors (Lipinski definition) is 3. The average molecular weight is 333 g/mol. The molecule has 1 aliphatic rings. The van der Waals surface area contributed by atoms with E-state index in [1.54, 1.807) is 0 Å². The molecule has 124 valence electrons. The lowest BCUT2D eigenvalue weighted by Gasteiger charge is -2.28. The van der Waals surface area contributed by atoms with Crippen LogP contribution >= 0.6 is 12.4 Å². The lowest BCUT2D eigenvalue weighted by molar-refractivity contribution is 0.140. The minimum Gasteiger partial charge on any atom is -0.399 e. The largest absolute Gasteiger partial charge is 0.399 e. The van der Waals surface area contributed by atoms with Gasteiger partial charge in [-0.2, -0.15) is 0 Å². The molecule has 0 radical (unpaired) electrons. The molecule has 2 aromatic carbocycles.